The molecule has 0 radical (unpaired) electrons. The Bertz CT molecular complexity index is 917. The molecule has 0 aliphatic heterocycles. The van der Waals surface area contributed by atoms with Crippen LogP contribution in [0, 0.1) is 18.3 Å². The molecule has 0 unspecified atom stereocenters. The molecule has 0 saturated heterocycles. The van der Waals surface area contributed by atoms with Gasteiger partial charge in [-0.3, -0.25) is 0 Å². The minimum atomic E-state index is -0.318. The molecular formula is C14H12N6O. The highest BCUT2D eigenvalue weighted by molar-refractivity contribution is 5.68. The van der Waals surface area contributed by atoms with E-state index in [1.54, 1.807) is 24.0 Å². The average molecular weight is 280 g/mol. The van der Waals surface area contributed by atoms with Crippen LogP contribution >= 0.6 is 0 Å². The van der Waals surface area contributed by atoms with E-state index >= 15 is 0 Å². The summed E-state index contributed by atoms with van der Waals surface area (Å²) < 4.78 is 1.40. The summed E-state index contributed by atoms with van der Waals surface area (Å²) in [6, 6.07) is 11.1. The van der Waals surface area contributed by atoms with E-state index in [0.29, 0.717) is 22.9 Å². The Morgan fingerprint density at radius 3 is 2.90 bits per heavy atom. The summed E-state index contributed by atoms with van der Waals surface area (Å²) in [4.78, 5) is 17.8. The number of nitriles is 1. The molecule has 104 valence electrons. The van der Waals surface area contributed by atoms with Gasteiger partial charge in [-0.15, -0.1) is 0 Å². The number of para-hydroxylation sites is 1. The van der Waals surface area contributed by atoms with E-state index in [1.807, 2.05) is 25.2 Å². The van der Waals surface area contributed by atoms with Gasteiger partial charge in [-0.1, -0.05) is 12.1 Å². The third-order valence-electron chi connectivity index (χ3n) is 3.29. The fourth-order valence-corrected chi connectivity index (χ4v) is 2.24. The number of aromatic amines is 1. The van der Waals surface area contributed by atoms with Gasteiger partial charge in [0.1, 0.15) is 17.7 Å². The molecule has 1 N–H and O–H groups in total. The number of rotatable bonds is 2. The molecule has 3 rings (SSSR count). The molecule has 1 aromatic carbocycles. The van der Waals surface area contributed by atoms with Crippen LogP contribution in [0.5, 0.6) is 0 Å². The van der Waals surface area contributed by atoms with Crippen LogP contribution in [0.15, 0.2) is 35.1 Å². The van der Waals surface area contributed by atoms with Crippen molar-refractivity contribution in [2.24, 2.45) is 0 Å². The van der Waals surface area contributed by atoms with Crippen molar-refractivity contribution in [1.29, 1.82) is 5.26 Å². The van der Waals surface area contributed by atoms with Crippen LogP contribution in [0.25, 0.3) is 5.65 Å². The van der Waals surface area contributed by atoms with Crippen molar-refractivity contribution < 1.29 is 0 Å². The van der Waals surface area contributed by atoms with Crippen molar-refractivity contribution in [2.45, 2.75) is 6.92 Å². The highest BCUT2D eigenvalue weighted by atomic mass is 16.1. The fourth-order valence-electron chi connectivity index (χ4n) is 2.24. The second-order valence-electron chi connectivity index (χ2n) is 4.57. The summed E-state index contributed by atoms with van der Waals surface area (Å²) in [5.41, 5.74) is 1.47. The summed E-state index contributed by atoms with van der Waals surface area (Å²) in [7, 11) is 1.82. The van der Waals surface area contributed by atoms with E-state index in [2.05, 4.69) is 21.3 Å². The van der Waals surface area contributed by atoms with E-state index < -0.39 is 0 Å². The lowest BCUT2D eigenvalue weighted by molar-refractivity contribution is 0.926. The Hall–Kier alpha value is -3.14. The summed E-state index contributed by atoms with van der Waals surface area (Å²) in [5, 5.41) is 15.5. The quantitative estimate of drug-likeness (QED) is 0.765. The van der Waals surface area contributed by atoms with Gasteiger partial charge in [0.05, 0.1) is 11.3 Å². The van der Waals surface area contributed by atoms with Crippen molar-refractivity contribution in [3.63, 3.8) is 0 Å². The Balaban J connectivity index is 2.16. The first-order valence-electron chi connectivity index (χ1n) is 6.29. The first kappa shape index (κ1) is 12.9. The molecule has 0 aliphatic rings. The van der Waals surface area contributed by atoms with Gasteiger partial charge >= 0.3 is 5.69 Å². The van der Waals surface area contributed by atoms with Crippen LogP contribution in [0.3, 0.4) is 0 Å². The molecule has 2 aromatic heterocycles. The highest BCUT2D eigenvalue weighted by Crippen LogP contribution is 2.25. The molecule has 3 aromatic rings. The van der Waals surface area contributed by atoms with E-state index in [4.69, 9.17) is 0 Å². The molecule has 0 bridgehead atoms. The van der Waals surface area contributed by atoms with Crippen LogP contribution in [0.2, 0.25) is 0 Å². The number of aryl methyl sites for hydroxylation is 1. The lowest BCUT2D eigenvalue weighted by Gasteiger charge is -2.19. The monoisotopic (exact) mass is 280 g/mol. The van der Waals surface area contributed by atoms with Gasteiger partial charge < -0.3 is 4.90 Å². The number of nitrogens with zero attached hydrogens (tertiary/aromatic N) is 5. The van der Waals surface area contributed by atoms with Crippen molar-refractivity contribution >= 4 is 17.2 Å². The second kappa shape index (κ2) is 4.76. The maximum absolute atomic E-state index is 11.6. The number of fused-ring (bicyclic) bond motifs is 1. The largest absolute Gasteiger partial charge is 0.349 e. The van der Waals surface area contributed by atoms with Crippen molar-refractivity contribution in [3.8, 4) is 6.07 Å². The van der Waals surface area contributed by atoms with Gasteiger partial charge in [0.25, 0.3) is 0 Å². The lowest BCUT2D eigenvalue weighted by atomic mass is 10.2. The molecule has 0 saturated carbocycles. The van der Waals surface area contributed by atoms with Gasteiger partial charge in [-0.05, 0) is 19.1 Å². The van der Waals surface area contributed by atoms with Crippen LogP contribution < -0.4 is 10.6 Å². The molecule has 0 spiro atoms. The number of hydrogen-bond acceptors (Lipinski definition) is 5. The fraction of sp³-hybridized carbons (Fsp3) is 0.143. The zero-order valence-electron chi connectivity index (χ0n) is 11.5. The number of H-pyrrole nitrogens is 1. The lowest BCUT2D eigenvalue weighted by Crippen LogP contribution is -2.17. The van der Waals surface area contributed by atoms with Gasteiger partial charge in [0, 0.05) is 13.1 Å². The zero-order chi connectivity index (χ0) is 15.0. The molecule has 2 heterocycles. The van der Waals surface area contributed by atoms with Gasteiger partial charge in [-0.25, -0.2) is 19.3 Å². The Morgan fingerprint density at radius 2 is 2.14 bits per heavy atom. The maximum Gasteiger partial charge on any atom is 0.349 e. The van der Waals surface area contributed by atoms with Crippen LogP contribution in [0.1, 0.15) is 11.4 Å². The number of benzene rings is 1. The first-order valence-corrected chi connectivity index (χ1v) is 6.29. The molecule has 21 heavy (non-hydrogen) atoms. The normalized spacial score (nSPS) is 10.5. The van der Waals surface area contributed by atoms with Crippen molar-refractivity contribution in [1.82, 2.24) is 19.6 Å². The molecular weight excluding hydrogens is 268 g/mol. The van der Waals surface area contributed by atoms with Crippen LogP contribution in [-0.4, -0.2) is 26.6 Å². The number of anilines is 2. The number of aromatic nitrogens is 4. The van der Waals surface area contributed by atoms with Crippen LogP contribution in [0.4, 0.5) is 11.5 Å². The third-order valence-corrected chi connectivity index (χ3v) is 3.29. The Morgan fingerprint density at radius 1 is 1.38 bits per heavy atom. The topological polar surface area (TPSA) is 90.1 Å². The highest BCUT2D eigenvalue weighted by Gasteiger charge is 2.13. The van der Waals surface area contributed by atoms with E-state index in [0.717, 1.165) is 5.69 Å². The van der Waals surface area contributed by atoms with Crippen molar-refractivity contribution in [2.75, 3.05) is 11.9 Å². The summed E-state index contributed by atoms with van der Waals surface area (Å²) in [6.45, 7) is 1.73. The zero-order valence-corrected chi connectivity index (χ0v) is 11.5. The maximum atomic E-state index is 11.6. The molecule has 0 amide bonds. The molecule has 7 nitrogen and oxygen atoms in total. The van der Waals surface area contributed by atoms with E-state index in [9.17, 15) is 10.1 Å². The second-order valence-corrected chi connectivity index (χ2v) is 4.57. The standard InChI is InChI=1S/C14H12N6O/c1-9-16-12(7-13-17-18-14(21)20(9)13)19(2)11-6-4-3-5-10(11)8-15/h3-7H,1-2H3,(H,18,21). The van der Waals surface area contributed by atoms with Gasteiger partial charge in [0.2, 0.25) is 0 Å². The first-order chi connectivity index (χ1) is 10.1. The molecule has 0 atom stereocenters. The predicted molar refractivity (Wildman–Crippen MR) is 77.6 cm³/mol. The van der Waals surface area contributed by atoms with E-state index in [-0.39, 0.29) is 5.69 Å². The van der Waals surface area contributed by atoms with Crippen molar-refractivity contribution in [3.05, 3.63) is 52.2 Å². The minimum absolute atomic E-state index is 0.318. The molecule has 0 fully saturated rings. The van der Waals surface area contributed by atoms with Crippen LogP contribution in [-0.2, 0) is 0 Å². The van der Waals surface area contributed by atoms with Gasteiger partial charge in [-0.2, -0.15) is 10.4 Å². The third kappa shape index (κ3) is 2.03. The number of nitrogens with one attached hydrogen (secondary N) is 1. The summed E-state index contributed by atoms with van der Waals surface area (Å²) in [5.74, 6) is 1.14. The summed E-state index contributed by atoms with van der Waals surface area (Å²) in [6.07, 6.45) is 0. The average Bonchev–Trinajstić information content (AvgIpc) is 2.88. The van der Waals surface area contributed by atoms with Gasteiger partial charge in [0.15, 0.2) is 5.65 Å². The van der Waals surface area contributed by atoms with E-state index in [1.165, 1.54) is 4.40 Å². The smallest absolute Gasteiger partial charge is 0.328 e. The predicted octanol–water partition coefficient (Wildman–Crippen LogP) is 1.37. The Kier molecular flexibility index (Phi) is 2.92. The molecule has 0 aliphatic carbocycles. The minimum Gasteiger partial charge on any atom is -0.328 e. The Labute approximate surface area is 120 Å². The SMILES string of the molecule is Cc1nc(N(C)c2ccccc2C#N)cc2n[nH]c(=O)n12. The number of hydrogen-bond donors (Lipinski definition) is 1. The molecule has 7 heteroatoms. The summed E-state index contributed by atoms with van der Waals surface area (Å²) >= 11 is 0.